The minimum absolute atomic E-state index is 0.173. The minimum Gasteiger partial charge on any atom is -0.481 e. The van der Waals surface area contributed by atoms with Crippen LogP contribution in [-0.2, 0) is 4.79 Å². The zero-order chi connectivity index (χ0) is 13.6. The standard InChI is InChI=1S/C13H9ClN2O3/c14-10-4-7(3-6-1-2-15-16-11(6)10)12(17)8-5-9(8)13(18)19/h1-4,8-9H,5H2,(H,18,19)/t8?,9-/m0/s1. The molecule has 6 heteroatoms. The number of rotatable bonds is 3. The van der Waals surface area contributed by atoms with Crippen molar-refractivity contribution in [2.24, 2.45) is 11.8 Å². The largest absolute Gasteiger partial charge is 0.481 e. The number of hydrogen-bond acceptors (Lipinski definition) is 4. The number of carboxylic acids is 1. The Balaban J connectivity index is 1.98. The van der Waals surface area contributed by atoms with Crippen LogP contribution < -0.4 is 0 Å². The Hall–Kier alpha value is -2.01. The van der Waals surface area contributed by atoms with Crippen LogP contribution in [0.15, 0.2) is 24.4 Å². The van der Waals surface area contributed by atoms with Crippen LogP contribution in [0, 0.1) is 11.8 Å². The summed E-state index contributed by atoms with van der Waals surface area (Å²) in [6.07, 6.45) is 1.92. The minimum atomic E-state index is -0.920. The molecule has 19 heavy (non-hydrogen) atoms. The van der Waals surface area contributed by atoms with Crippen molar-refractivity contribution in [2.45, 2.75) is 6.42 Å². The Bertz CT molecular complexity index is 701. The van der Waals surface area contributed by atoms with E-state index < -0.39 is 17.8 Å². The monoisotopic (exact) mass is 276 g/mol. The number of ketones is 1. The third-order valence-electron chi connectivity index (χ3n) is 3.30. The third-order valence-corrected chi connectivity index (χ3v) is 3.59. The molecule has 1 saturated carbocycles. The molecule has 1 heterocycles. The summed E-state index contributed by atoms with van der Waals surface area (Å²) in [4.78, 5) is 23.0. The lowest BCUT2D eigenvalue weighted by atomic mass is 10.0. The maximum Gasteiger partial charge on any atom is 0.307 e. The molecule has 1 aliphatic rings. The average molecular weight is 277 g/mol. The fraction of sp³-hybridized carbons (Fsp3) is 0.231. The van der Waals surface area contributed by atoms with E-state index in [-0.39, 0.29) is 5.78 Å². The molecule has 0 spiro atoms. The van der Waals surface area contributed by atoms with E-state index in [0.29, 0.717) is 22.5 Å². The van der Waals surface area contributed by atoms with Crippen molar-refractivity contribution in [2.75, 3.05) is 0 Å². The number of aromatic nitrogens is 2. The van der Waals surface area contributed by atoms with Gasteiger partial charge in [0.2, 0.25) is 0 Å². The molecule has 1 unspecified atom stereocenters. The van der Waals surface area contributed by atoms with E-state index in [0.717, 1.165) is 5.39 Å². The smallest absolute Gasteiger partial charge is 0.307 e. The van der Waals surface area contributed by atoms with Gasteiger partial charge in [-0.3, -0.25) is 9.59 Å². The van der Waals surface area contributed by atoms with E-state index in [1.165, 1.54) is 12.3 Å². The van der Waals surface area contributed by atoms with Crippen molar-refractivity contribution in [1.82, 2.24) is 10.2 Å². The van der Waals surface area contributed by atoms with E-state index in [1.54, 1.807) is 12.1 Å². The number of nitrogens with zero attached hydrogens (tertiary/aromatic N) is 2. The lowest BCUT2D eigenvalue weighted by Crippen LogP contribution is -2.08. The zero-order valence-corrected chi connectivity index (χ0v) is 10.5. The third kappa shape index (κ3) is 2.06. The summed E-state index contributed by atoms with van der Waals surface area (Å²) >= 11 is 6.06. The van der Waals surface area contributed by atoms with Crippen LogP contribution in [0.2, 0.25) is 5.02 Å². The van der Waals surface area contributed by atoms with Crippen LogP contribution in [0.5, 0.6) is 0 Å². The highest BCUT2D eigenvalue weighted by molar-refractivity contribution is 6.35. The van der Waals surface area contributed by atoms with E-state index in [2.05, 4.69) is 10.2 Å². The summed E-state index contributed by atoms with van der Waals surface area (Å²) in [6, 6.07) is 4.92. The van der Waals surface area contributed by atoms with Gasteiger partial charge in [0.1, 0.15) is 5.52 Å². The first-order valence-electron chi connectivity index (χ1n) is 5.76. The van der Waals surface area contributed by atoms with Crippen LogP contribution in [0.3, 0.4) is 0 Å². The van der Waals surface area contributed by atoms with Gasteiger partial charge in [0, 0.05) is 16.9 Å². The van der Waals surface area contributed by atoms with Crippen LogP contribution in [0.1, 0.15) is 16.8 Å². The maximum absolute atomic E-state index is 12.2. The Kier molecular flexibility index (Phi) is 2.71. The SMILES string of the molecule is O=C(c1cc(Cl)c2nnccc2c1)C1C[C@@H]1C(=O)O. The highest BCUT2D eigenvalue weighted by Gasteiger charge is 2.48. The molecule has 0 amide bonds. The molecule has 2 aromatic rings. The van der Waals surface area contributed by atoms with E-state index in [4.69, 9.17) is 16.7 Å². The number of halogens is 1. The van der Waals surface area contributed by atoms with Crippen molar-refractivity contribution in [3.63, 3.8) is 0 Å². The summed E-state index contributed by atoms with van der Waals surface area (Å²) in [5, 5.41) is 17.5. The summed E-state index contributed by atoms with van der Waals surface area (Å²) < 4.78 is 0. The predicted octanol–water partition coefficient (Wildman–Crippen LogP) is 2.19. The fourth-order valence-corrected chi connectivity index (χ4v) is 2.44. The highest BCUT2D eigenvalue weighted by atomic mass is 35.5. The van der Waals surface area contributed by atoms with Crippen molar-refractivity contribution in [3.05, 3.63) is 35.0 Å². The Morgan fingerprint density at radius 1 is 1.32 bits per heavy atom. The number of carbonyl (C=O) groups is 2. The van der Waals surface area contributed by atoms with E-state index in [9.17, 15) is 9.59 Å². The van der Waals surface area contributed by atoms with Crippen molar-refractivity contribution in [1.29, 1.82) is 0 Å². The van der Waals surface area contributed by atoms with Gasteiger partial charge in [-0.2, -0.15) is 5.10 Å². The van der Waals surface area contributed by atoms with Crippen LogP contribution in [0.25, 0.3) is 10.9 Å². The Morgan fingerprint density at radius 3 is 2.79 bits per heavy atom. The second-order valence-electron chi connectivity index (χ2n) is 4.58. The quantitative estimate of drug-likeness (QED) is 0.869. The second kappa shape index (κ2) is 4.28. The first-order chi connectivity index (χ1) is 9.08. The summed E-state index contributed by atoms with van der Waals surface area (Å²) in [5.41, 5.74) is 0.963. The number of fused-ring (bicyclic) bond motifs is 1. The summed E-state index contributed by atoms with van der Waals surface area (Å²) in [5.74, 6) is -2.08. The van der Waals surface area contributed by atoms with Gasteiger partial charge >= 0.3 is 5.97 Å². The average Bonchev–Trinajstić information content (AvgIpc) is 3.18. The number of aliphatic carboxylic acids is 1. The lowest BCUT2D eigenvalue weighted by molar-refractivity contribution is -0.138. The topological polar surface area (TPSA) is 80.2 Å². The first kappa shape index (κ1) is 12.0. The molecule has 0 aliphatic heterocycles. The number of Topliss-reactive ketones (excluding diaryl/α,β-unsaturated/α-hetero) is 1. The molecule has 5 nitrogen and oxygen atoms in total. The van der Waals surface area contributed by atoms with Gasteiger partial charge in [-0.15, -0.1) is 5.10 Å². The van der Waals surface area contributed by atoms with Gasteiger partial charge in [0.15, 0.2) is 5.78 Å². The van der Waals surface area contributed by atoms with Gasteiger partial charge in [-0.25, -0.2) is 0 Å². The lowest BCUT2D eigenvalue weighted by Gasteiger charge is -2.03. The van der Waals surface area contributed by atoms with Crippen molar-refractivity contribution < 1.29 is 14.7 Å². The van der Waals surface area contributed by atoms with Crippen molar-refractivity contribution in [3.8, 4) is 0 Å². The van der Waals surface area contributed by atoms with Gasteiger partial charge < -0.3 is 5.11 Å². The molecule has 1 fully saturated rings. The molecule has 1 N–H and O–H groups in total. The van der Waals surface area contributed by atoms with Crippen LogP contribution >= 0.6 is 11.6 Å². The molecular weight excluding hydrogens is 268 g/mol. The molecule has 1 aromatic carbocycles. The molecule has 0 radical (unpaired) electrons. The fourth-order valence-electron chi connectivity index (χ4n) is 2.17. The van der Waals surface area contributed by atoms with Gasteiger partial charge in [0.25, 0.3) is 0 Å². The second-order valence-corrected chi connectivity index (χ2v) is 4.99. The molecule has 0 saturated heterocycles. The normalized spacial score (nSPS) is 21.3. The predicted molar refractivity (Wildman–Crippen MR) is 68.1 cm³/mol. The van der Waals surface area contributed by atoms with Crippen LogP contribution in [0.4, 0.5) is 0 Å². The van der Waals surface area contributed by atoms with Crippen LogP contribution in [-0.4, -0.2) is 27.1 Å². The summed E-state index contributed by atoms with van der Waals surface area (Å²) in [7, 11) is 0. The Labute approximate surface area is 113 Å². The van der Waals surface area contributed by atoms with Gasteiger partial charge in [-0.1, -0.05) is 11.6 Å². The van der Waals surface area contributed by atoms with Gasteiger partial charge in [0.05, 0.1) is 17.1 Å². The number of carbonyl (C=O) groups excluding carboxylic acids is 1. The number of benzene rings is 1. The molecule has 0 bridgehead atoms. The van der Waals surface area contributed by atoms with Gasteiger partial charge in [-0.05, 0) is 24.6 Å². The summed E-state index contributed by atoms with van der Waals surface area (Å²) in [6.45, 7) is 0. The van der Waals surface area contributed by atoms with E-state index >= 15 is 0 Å². The number of carboxylic acid groups (broad SMARTS) is 1. The molecule has 96 valence electrons. The first-order valence-corrected chi connectivity index (χ1v) is 6.13. The number of hydrogen-bond donors (Lipinski definition) is 1. The molecule has 1 aromatic heterocycles. The Morgan fingerprint density at radius 2 is 2.11 bits per heavy atom. The maximum atomic E-state index is 12.2. The molecule has 3 rings (SSSR count). The van der Waals surface area contributed by atoms with E-state index in [1.807, 2.05) is 0 Å². The highest BCUT2D eigenvalue weighted by Crippen LogP contribution is 2.41. The molecular formula is C13H9ClN2O3. The molecule has 1 aliphatic carbocycles. The van der Waals surface area contributed by atoms with Crippen molar-refractivity contribution >= 4 is 34.3 Å². The zero-order valence-electron chi connectivity index (χ0n) is 9.71. The molecule has 2 atom stereocenters.